The molecule has 2 aromatic carbocycles. The number of nitro benzene ring substituents is 1. The van der Waals surface area contributed by atoms with E-state index >= 15 is 0 Å². The van der Waals surface area contributed by atoms with Crippen molar-refractivity contribution in [2.45, 2.75) is 0 Å². The van der Waals surface area contributed by atoms with E-state index < -0.39 is 16.8 Å². The molecule has 3 N–H and O–H groups in total. The third kappa shape index (κ3) is 4.82. The Labute approximate surface area is 169 Å². The first-order chi connectivity index (χ1) is 13.8. The number of non-ortho nitro benzene ring substituents is 1. The summed E-state index contributed by atoms with van der Waals surface area (Å²) in [6.07, 6.45) is 0. The van der Waals surface area contributed by atoms with Crippen molar-refractivity contribution in [3.8, 4) is 11.3 Å². The fraction of sp³-hybridized carbons (Fsp3) is 0. The van der Waals surface area contributed by atoms with Gasteiger partial charge in [-0.3, -0.25) is 20.2 Å². The molecule has 146 valence electrons. The van der Waals surface area contributed by atoms with Gasteiger partial charge in [0.05, 0.1) is 10.5 Å². The number of hydrogen-bond donors (Lipinski definition) is 3. The summed E-state index contributed by atoms with van der Waals surface area (Å²) in [6.45, 7) is 0. The molecule has 3 aromatic rings. The van der Waals surface area contributed by atoms with E-state index in [4.69, 9.17) is 21.7 Å². The Kier molecular flexibility index (Phi) is 5.65. The van der Waals surface area contributed by atoms with Crippen LogP contribution in [0.15, 0.2) is 65.1 Å². The lowest BCUT2D eigenvalue weighted by Crippen LogP contribution is -2.33. The van der Waals surface area contributed by atoms with Gasteiger partial charge in [-0.1, -0.05) is 12.1 Å². The number of rotatable bonds is 5. The molecule has 9 nitrogen and oxygen atoms in total. The maximum atomic E-state index is 12.3. The first kappa shape index (κ1) is 19.7. The van der Waals surface area contributed by atoms with Crippen LogP contribution in [0, 0.1) is 10.1 Å². The second kappa shape index (κ2) is 8.31. The van der Waals surface area contributed by atoms with Crippen LogP contribution in [0.2, 0.25) is 0 Å². The minimum absolute atomic E-state index is 0.00799. The maximum absolute atomic E-state index is 12.3. The molecule has 0 atom stereocenters. The highest BCUT2D eigenvalue weighted by Crippen LogP contribution is 2.25. The zero-order valence-corrected chi connectivity index (χ0v) is 15.4. The molecule has 29 heavy (non-hydrogen) atoms. The maximum Gasteiger partial charge on any atom is 0.335 e. The van der Waals surface area contributed by atoms with Crippen LogP contribution in [0.3, 0.4) is 0 Å². The number of carbonyl (C=O) groups is 2. The zero-order valence-electron chi connectivity index (χ0n) is 14.6. The van der Waals surface area contributed by atoms with E-state index in [9.17, 15) is 19.7 Å². The number of furan rings is 1. The lowest BCUT2D eigenvalue weighted by Gasteiger charge is -2.08. The van der Waals surface area contributed by atoms with Crippen molar-refractivity contribution >= 4 is 40.6 Å². The van der Waals surface area contributed by atoms with Crippen molar-refractivity contribution < 1.29 is 24.0 Å². The highest BCUT2D eigenvalue weighted by Gasteiger charge is 2.15. The van der Waals surface area contributed by atoms with Crippen LogP contribution in [-0.4, -0.2) is 27.0 Å². The third-order valence-corrected chi connectivity index (χ3v) is 3.99. The molecular weight excluding hydrogens is 398 g/mol. The summed E-state index contributed by atoms with van der Waals surface area (Å²) in [4.78, 5) is 33.5. The standard InChI is InChI=1S/C19H13N3O6S/c23-17(21-19(29)20-13-6-4-11(5-7-13)18(24)25)16-9-8-15(28-16)12-2-1-3-14(10-12)22(26)27/h1-10H,(H,24,25)(H2,20,21,23,29). The van der Waals surface area contributed by atoms with E-state index in [1.165, 1.54) is 54.6 Å². The minimum Gasteiger partial charge on any atom is -0.478 e. The number of thiocarbonyl (C=S) groups is 1. The Balaban J connectivity index is 1.65. The molecule has 0 saturated carbocycles. The lowest BCUT2D eigenvalue weighted by atomic mass is 10.1. The summed E-state index contributed by atoms with van der Waals surface area (Å²) in [5.41, 5.74) is 0.980. The molecule has 0 bridgehead atoms. The van der Waals surface area contributed by atoms with Gasteiger partial charge in [0.25, 0.3) is 11.6 Å². The summed E-state index contributed by atoms with van der Waals surface area (Å²) in [5.74, 6) is -1.40. The quantitative estimate of drug-likeness (QED) is 0.329. The fourth-order valence-corrected chi connectivity index (χ4v) is 2.62. The number of aromatic carboxylic acids is 1. The van der Waals surface area contributed by atoms with Crippen molar-refractivity contribution in [3.05, 3.63) is 82.1 Å². The number of hydrogen-bond acceptors (Lipinski definition) is 6. The number of nitrogens with zero attached hydrogens (tertiary/aromatic N) is 1. The van der Waals surface area contributed by atoms with Crippen LogP contribution < -0.4 is 10.6 Å². The number of carboxylic acids is 1. The Hall–Kier alpha value is -4.05. The van der Waals surface area contributed by atoms with Gasteiger partial charge in [-0.2, -0.15) is 0 Å². The van der Waals surface area contributed by atoms with Crippen molar-refractivity contribution in [2.75, 3.05) is 5.32 Å². The molecular formula is C19H13N3O6S. The van der Waals surface area contributed by atoms with Crippen LogP contribution in [0.25, 0.3) is 11.3 Å². The Morgan fingerprint density at radius 3 is 2.45 bits per heavy atom. The molecule has 0 aliphatic rings. The van der Waals surface area contributed by atoms with Crippen LogP contribution in [0.1, 0.15) is 20.9 Å². The second-order valence-corrected chi connectivity index (χ2v) is 6.17. The summed E-state index contributed by atoms with van der Waals surface area (Å²) in [5, 5.41) is 25.0. The molecule has 0 fully saturated rings. The van der Waals surface area contributed by atoms with Crippen molar-refractivity contribution in [1.82, 2.24) is 5.32 Å². The number of carboxylic acid groups (broad SMARTS) is 1. The average molecular weight is 411 g/mol. The molecule has 10 heteroatoms. The minimum atomic E-state index is -1.05. The number of amides is 1. The highest BCUT2D eigenvalue weighted by molar-refractivity contribution is 7.80. The Bertz CT molecular complexity index is 1110. The molecule has 3 rings (SSSR count). The monoisotopic (exact) mass is 411 g/mol. The van der Waals surface area contributed by atoms with Crippen molar-refractivity contribution in [3.63, 3.8) is 0 Å². The van der Waals surface area contributed by atoms with Crippen molar-refractivity contribution in [1.29, 1.82) is 0 Å². The second-order valence-electron chi connectivity index (χ2n) is 5.76. The SMILES string of the molecule is O=C(O)c1ccc(NC(=S)NC(=O)c2ccc(-c3cccc([N+](=O)[O-])c3)o2)cc1. The molecule has 1 aromatic heterocycles. The fourth-order valence-electron chi connectivity index (χ4n) is 2.41. The predicted molar refractivity (Wildman–Crippen MR) is 108 cm³/mol. The first-order valence-electron chi connectivity index (χ1n) is 8.14. The lowest BCUT2D eigenvalue weighted by molar-refractivity contribution is -0.384. The van der Waals surface area contributed by atoms with E-state index in [-0.39, 0.29) is 22.1 Å². The van der Waals surface area contributed by atoms with Gasteiger partial charge in [0.2, 0.25) is 0 Å². The van der Waals surface area contributed by atoms with Crippen LogP contribution >= 0.6 is 12.2 Å². The van der Waals surface area contributed by atoms with Crippen LogP contribution in [0.5, 0.6) is 0 Å². The van der Waals surface area contributed by atoms with Gasteiger partial charge in [-0.15, -0.1) is 0 Å². The van der Waals surface area contributed by atoms with Crippen LogP contribution in [0.4, 0.5) is 11.4 Å². The predicted octanol–water partition coefficient (Wildman–Crippen LogP) is 3.68. The van der Waals surface area contributed by atoms with Gasteiger partial charge in [-0.05, 0) is 48.6 Å². The topological polar surface area (TPSA) is 135 Å². The van der Waals surface area contributed by atoms with Gasteiger partial charge in [0.15, 0.2) is 10.9 Å². The molecule has 0 aliphatic carbocycles. The number of nitro groups is 1. The van der Waals surface area contributed by atoms with Gasteiger partial charge >= 0.3 is 5.97 Å². The highest BCUT2D eigenvalue weighted by atomic mass is 32.1. The van der Waals surface area contributed by atoms with E-state index in [0.717, 1.165) is 0 Å². The Morgan fingerprint density at radius 2 is 1.79 bits per heavy atom. The largest absolute Gasteiger partial charge is 0.478 e. The first-order valence-corrected chi connectivity index (χ1v) is 8.54. The number of carbonyl (C=O) groups excluding carboxylic acids is 1. The molecule has 1 amide bonds. The van der Waals surface area contributed by atoms with Gasteiger partial charge in [0.1, 0.15) is 5.76 Å². The zero-order chi connectivity index (χ0) is 21.0. The van der Waals surface area contributed by atoms with E-state index in [2.05, 4.69) is 10.6 Å². The Morgan fingerprint density at radius 1 is 1.07 bits per heavy atom. The summed E-state index contributed by atoms with van der Waals surface area (Å²) in [6, 6.07) is 14.6. The van der Waals surface area contributed by atoms with Gasteiger partial charge in [0, 0.05) is 23.4 Å². The van der Waals surface area contributed by atoms with E-state index in [1.54, 1.807) is 6.07 Å². The van der Waals surface area contributed by atoms with E-state index in [0.29, 0.717) is 17.0 Å². The molecule has 0 spiro atoms. The summed E-state index contributed by atoms with van der Waals surface area (Å²) in [7, 11) is 0. The molecule has 1 heterocycles. The smallest absolute Gasteiger partial charge is 0.335 e. The van der Waals surface area contributed by atoms with Crippen molar-refractivity contribution in [2.24, 2.45) is 0 Å². The molecule has 0 aliphatic heterocycles. The average Bonchev–Trinajstić information content (AvgIpc) is 3.19. The number of anilines is 1. The van der Waals surface area contributed by atoms with E-state index in [1.807, 2.05) is 0 Å². The molecule has 0 saturated heterocycles. The van der Waals surface area contributed by atoms with Gasteiger partial charge in [-0.25, -0.2) is 4.79 Å². The molecule has 0 unspecified atom stereocenters. The molecule has 0 radical (unpaired) electrons. The van der Waals surface area contributed by atoms with Crippen LogP contribution in [-0.2, 0) is 0 Å². The third-order valence-electron chi connectivity index (χ3n) is 3.79. The number of nitrogens with one attached hydrogen (secondary N) is 2. The number of benzene rings is 2. The normalized spacial score (nSPS) is 10.2. The summed E-state index contributed by atoms with van der Waals surface area (Å²) >= 11 is 5.07. The summed E-state index contributed by atoms with van der Waals surface area (Å²) < 4.78 is 5.47. The van der Waals surface area contributed by atoms with Gasteiger partial charge < -0.3 is 14.8 Å².